The average Bonchev–Trinajstić information content (AvgIpc) is 3.48. The van der Waals surface area contributed by atoms with Crippen LogP contribution in [0.2, 0.25) is 0 Å². The monoisotopic (exact) mass is 430 g/mol. The van der Waals surface area contributed by atoms with Gasteiger partial charge in [-0.3, -0.25) is 4.79 Å². The maximum Gasteiger partial charge on any atom is 0.341 e. The quantitative estimate of drug-likeness (QED) is 0.433. The van der Waals surface area contributed by atoms with Crippen LogP contribution in [0.5, 0.6) is 0 Å². The Morgan fingerprint density at radius 1 is 1.22 bits per heavy atom. The van der Waals surface area contributed by atoms with Crippen LogP contribution in [0.25, 0.3) is 16.7 Å². The lowest BCUT2D eigenvalue weighted by atomic mass is 10.1. The number of hydrogen-bond acceptors (Lipinski definition) is 6. The summed E-state index contributed by atoms with van der Waals surface area (Å²) in [7, 11) is 0. The molecule has 0 atom stereocenters. The van der Waals surface area contributed by atoms with Crippen LogP contribution >= 0.6 is 0 Å². The molecule has 0 amide bonds. The Labute approximate surface area is 183 Å². The molecule has 1 aromatic carbocycles. The molecule has 0 spiro atoms. The van der Waals surface area contributed by atoms with E-state index in [1.54, 1.807) is 17.1 Å². The van der Waals surface area contributed by atoms with Crippen molar-refractivity contribution >= 4 is 23.0 Å². The molecule has 1 aliphatic carbocycles. The smallest absolute Gasteiger partial charge is 0.341 e. The van der Waals surface area contributed by atoms with Crippen molar-refractivity contribution in [3.8, 4) is 5.69 Å². The fraction of sp³-hybridized carbons (Fsp3) is 0.261. The number of carboxylic acid groups (broad SMARTS) is 1. The lowest BCUT2D eigenvalue weighted by Gasteiger charge is -2.14. The molecule has 1 aliphatic rings. The standard InChI is InChI=1S/C23H22N6O3/c30-20-18-12-26-23(25-7-2-9-28-10-8-24-14-28)27-21(18)29(13-19(20)22(31)32)17-6-5-15-3-1-4-16(15)11-17/h5-6,8,10-14H,1-4,7,9H2,(H,31,32)(H,25,26,27). The number of nitrogens with zero attached hydrogens (tertiary/aromatic N) is 5. The van der Waals surface area contributed by atoms with E-state index in [2.05, 4.69) is 32.4 Å². The van der Waals surface area contributed by atoms with E-state index >= 15 is 0 Å². The van der Waals surface area contributed by atoms with Gasteiger partial charge in [-0.15, -0.1) is 0 Å². The van der Waals surface area contributed by atoms with Gasteiger partial charge in [-0.05, 0) is 48.9 Å². The molecule has 0 fully saturated rings. The molecular formula is C23H22N6O3. The molecule has 4 aromatic rings. The predicted octanol–water partition coefficient (Wildman–Crippen LogP) is 2.67. The lowest BCUT2D eigenvalue weighted by Crippen LogP contribution is -2.20. The summed E-state index contributed by atoms with van der Waals surface area (Å²) in [5.74, 6) is -0.881. The highest BCUT2D eigenvalue weighted by Crippen LogP contribution is 2.26. The van der Waals surface area contributed by atoms with Gasteiger partial charge in [0.25, 0.3) is 0 Å². The second-order valence-corrected chi connectivity index (χ2v) is 7.87. The van der Waals surface area contributed by atoms with Gasteiger partial charge in [-0.2, -0.15) is 4.98 Å². The Morgan fingerprint density at radius 2 is 2.09 bits per heavy atom. The van der Waals surface area contributed by atoms with E-state index in [0.29, 0.717) is 18.1 Å². The number of pyridine rings is 1. The van der Waals surface area contributed by atoms with Gasteiger partial charge >= 0.3 is 5.97 Å². The molecule has 0 saturated heterocycles. The first-order valence-electron chi connectivity index (χ1n) is 10.6. The van der Waals surface area contributed by atoms with Crippen molar-refractivity contribution in [1.82, 2.24) is 24.1 Å². The molecule has 3 heterocycles. The maximum atomic E-state index is 12.7. The lowest BCUT2D eigenvalue weighted by molar-refractivity contribution is 0.0695. The number of hydrogen-bond donors (Lipinski definition) is 2. The van der Waals surface area contributed by atoms with Gasteiger partial charge < -0.3 is 19.6 Å². The van der Waals surface area contributed by atoms with Gasteiger partial charge in [0, 0.05) is 43.6 Å². The summed E-state index contributed by atoms with van der Waals surface area (Å²) in [5.41, 5.74) is 2.83. The van der Waals surface area contributed by atoms with Gasteiger partial charge in [0.05, 0.1) is 11.7 Å². The Morgan fingerprint density at radius 3 is 2.91 bits per heavy atom. The fourth-order valence-electron chi connectivity index (χ4n) is 4.13. The van der Waals surface area contributed by atoms with E-state index in [9.17, 15) is 14.7 Å². The number of anilines is 1. The van der Waals surface area contributed by atoms with Gasteiger partial charge in [0.15, 0.2) is 5.65 Å². The Kier molecular flexibility index (Phi) is 5.14. The van der Waals surface area contributed by atoms with E-state index in [1.807, 2.05) is 16.8 Å². The number of rotatable bonds is 7. The molecule has 3 aromatic heterocycles. The number of nitrogens with one attached hydrogen (secondary N) is 1. The molecule has 9 heteroatoms. The molecule has 9 nitrogen and oxygen atoms in total. The zero-order chi connectivity index (χ0) is 22.1. The van der Waals surface area contributed by atoms with Crippen molar-refractivity contribution in [2.24, 2.45) is 0 Å². The van der Waals surface area contributed by atoms with Gasteiger partial charge in [0.1, 0.15) is 5.56 Å². The summed E-state index contributed by atoms with van der Waals surface area (Å²) < 4.78 is 3.67. The van der Waals surface area contributed by atoms with E-state index in [1.165, 1.54) is 23.5 Å². The SMILES string of the molecule is O=C(O)c1cn(-c2ccc3c(c2)CCC3)c2nc(NCCCn3ccnc3)ncc2c1=O. The highest BCUT2D eigenvalue weighted by molar-refractivity contribution is 5.92. The van der Waals surface area contributed by atoms with Crippen LogP contribution in [0.4, 0.5) is 5.95 Å². The average molecular weight is 430 g/mol. The largest absolute Gasteiger partial charge is 0.477 e. The van der Waals surface area contributed by atoms with Crippen molar-refractivity contribution in [1.29, 1.82) is 0 Å². The molecule has 162 valence electrons. The number of imidazole rings is 1. The second-order valence-electron chi connectivity index (χ2n) is 7.87. The first-order valence-corrected chi connectivity index (χ1v) is 10.6. The van der Waals surface area contributed by atoms with Crippen LogP contribution in [0.1, 0.15) is 34.3 Å². The van der Waals surface area contributed by atoms with Gasteiger partial charge in [0.2, 0.25) is 11.4 Å². The third-order valence-corrected chi connectivity index (χ3v) is 5.77. The number of benzene rings is 1. The van der Waals surface area contributed by atoms with Crippen LogP contribution in [-0.2, 0) is 19.4 Å². The molecule has 0 aliphatic heterocycles. The third kappa shape index (κ3) is 3.73. The highest BCUT2D eigenvalue weighted by atomic mass is 16.4. The Bertz CT molecular complexity index is 1360. The van der Waals surface area contributed by atoms with E-state index in [0.717, 1.165) is 37.9 Å². The number of fused-ring (bicyclic) bond motifs is 2. The summed E-state index contributed by atoms with van der Waals surface area (Å²) in [4.78, 5) is 37.3. The molecule has 0 unspecified atom stereocenters. The van der Waals surface area contributed by atoms with Crippen LogP contribution in [0.3, 0.4) is 0 Å². The number of aryl methyl sites for hydroxylation is 3. The molecule has 2 N–H and O–H groups in total. The zero-order valence-corrected chi connectivity index (χ0v) is 17.4. The van der Waals surface area contributed by atoms with Gasteiger partial charge in [-0.25, -0.2) is 14.8 Å². The topological polar surface area (TPSA) is 115 Å². The first-order chi connectivity index (χ1) is 15.6. The normalized spacial score (nSPS) is 12.8. The van der Waals surface area contributed by atoms with Crippen molar-refractivity contribution in [3.63, 3.8) is 0 Å². The third-order valence-electron chi connectivity index (χ3n) is 5.77. The molecular weight excluding hydrogens is 408 g/mol. The van der Waals surface area contributed by atoms with Crippen LogP contribution in [0, 0.1) is 0 Å². The summed E-state index contributed by atoms with van der Waals surface area (Å²) in [6.45, 7) is 1.45. The van der Waals surface area contributed by atoms with Crippen molar-refractivity contribution in [2.45, 2.75) is 32.2 Å². The van der Waals surface area contributed by atoms with Crippen LogP contribution in [-0.4, -0.2) is 41.7 Å². The highest BCUT2D eigenvalue weighted by Gasteiger charge is 2.19. The summed E-state index contributed by atoms with van der Waals surface area (Å²) >= 11 is 0. The van der Waals surface area contributed by atoms with E-state index in [-0.39, 0.29) is 10.9 Å². The predicted molar refractivity (Wildman–Crippen MR) is 119 cm³/mol. The molecule has 0 bridgehead atoms. The molecule has 0 radical (unpaired) electrons. The summed E-state index contributed by atoms with van der Waals surface area (Å²) in [5, 5.41) is 12.9. The molecule has 5 rings (SSSR count). The molecule has 0 saturated carbocycles. The second kappa shape index (κ2) is 8.26. The van der Waals surface area contributed by atoms with Crippen LogP contribution < -0.4 is 10.7 Å². The number of aromatic carboxylic acids is 1. The van der Waals surface area contributed by atoms with Crippen molar-refractivity contribution in [3.05, 3.63) is 76.2 Å². The zero-order valence-electron chi connectivity index (χ0n) is 17.4. The van der Waals surface area contributed by atoms with Gasteiger partial charge in [-0.1, -0.05) is 6.07 Å². The fourth-order valence-corrected chi connectivity index (χ4v) is 4.13. The van der Waals surface area contributed by atoms with Crippen LogP contribution in [0.15, 0.2) is 54.1 Å². The van der Waals surface area contributed by atoms with Crippen molar-refractivity contribution in [2.75, 3.05) is 11.9 Å². The minimum absolute atomic E-state index is 0.175. The summed E-state index contributed by atoms with van der Waals surface area (Å²) in [6.07, 6.45) is 12.2. The number of aromatic nitrogens is 5. The number of carboxylic acids is 1. The van der Waals surface area contributed by atoms with E-state index < -0.39 is 11.4 Å². The Balaban J connectivity index is 1.51. The minimum atomic E-state index is -1.27. The maximum absolute atomic E-state index is 12.7. The Hall–Kier alpha value is -4.01. The first kappa shape index (κ1) is 19.9. The summed E-state index contributed by atoms with van der Waals surface area (Å²) in [6, 6.07) is 6.07. The number of carbonyl (C=O) groups is 1. The van der Waals surface area contributed by atoms with Crippen molar-refractivity contribution < 1.29 is 9.90 Å². The molecule has 32 heavy (non-hydrogen) atoms. The minimum Gasteiger partial charge on any atom is -0.477 e. The van der Waals surface area contributed by atoms with E-state index in [4.69, 9.17) is 0 Å².